The molecule has 18 heavy (non-hydrogen) atoms. The van der Waals surface area contributed by atoms with Gasteiger partial charge in [-0.1, -0.05) is 19.8 Å². The third-order valence-electron chi connectivity index (χ3n) is 4.03. The minimum atomic E-state index is -0.523. The van der Waals surface area contributed by atoms with Crippen LogP contribution in [0.4, 0.5) is 0 Å². The smallest absolute Gasteiger partial charge is 0.0703 e. The van der Waals surface area contributed by atoms with E-state index < -0.39 is 5.60 Å². The molecular weight excluding hydrogens is 290 g/mol. The maximum absolute atomic E-state index is 10.6. The minimum Gasteiger partial charge on any atom is -0.389 e. The minimum absolute atomic E-state index is 0.523. The van der Waals surface area contributed by atoms with Crippen molar-refractivity contribution in [3.05, 3.63) is 28.5 Å². The lowest BCUT2D eigenvalue weighted by Crippen LogP contribution is -2.36. The molecule has 1 aliphatic carbocycles. The van der Waals surface area contributed by atoms with Gasteiger partial charge in [0, 0.05) is 22.8 Å². The molecule has 0 aromatic carbocycles. The van der Waals surface area contributed by atoms with Crippen LogP contribution in [0, 0.1) is 5.92 Å². The summed E-state index contributed by atoms with van der Waals surface area (Å²) in [5, 5.41) is 10.6. The number of aliphatic hydroxyl groups is 1. The van der Waals surface area contributed by atoms with Gasteiger partial charge < -0.3 is 5.11 Å². The van der Waals surface area contributed by atoms with Gasteiger partial charge in [0.1, 0.15) is 0 Å². The lowest BCUT2D eigenvalue weighted by molar-refractivity contribution is -0.0106. The molecule has 0 atom stereocenters. The molecule has 1 N–H and O–H groups in total. The molecule has 2 nitrogen and oxygen atoms in total. The standard InChI is InChI=1S/C15H22BrNO/c1-2-3-12-6-8-15(18,9-7-12)10-14-5-4-13(16)11-17-14/h4-5,11-12,18H,2-3,6-10H2,1H3. The van der Waals surface area contributed by atoms with Crippen molar-refractivity contribution in [1.82, 2.24) is 4.98 Å². The molecule has 3 heteroatoms. The zero-order chi connectivity index (χ0) is 13.0. The normalized spacial score (nSPS) is 28.3. The van der Waals surface area contributed by atoms with Crippen molar-refractivity contribution < 1.29 is 5.11 Å². The van der Waals surface area contributed by atoms with Gasteiger partial charge in [-0.3, -0.25) is 4.98 Å². The van der Waals surface area contributed by atoms with Gasteiger partial charge in [0.2, 0.25) is 0 Å². The Morgan fingerprint density at radius 1 is 1.39 bits per heavy atom. The number of pyridine rings is 1. The number of aromatic nitrogens is 1. The summed E-state index contributed by atoms with van der Waals surface area (Å²) in [4.78, 5) is 4.37. The van der Waals surface area contributed by atoms with Gasteiger partial charge in [-0.15, -0.1) is 0 Å². The van der Waals surface area contributed by atoms with E-state index in [1.165, 1.54) is 25.7 Å². The van der Waals surface area contributed by atoms with E-state index in [0.29, 0.717) is 6.42 Å². The summed E-state index contributed by atoms with van der Waals surface area (Å²) in [5.41, 5.74) is 0.472. The van der Waals surface area contributed by atoms with E-state index in [1.807, 2.05) is 12.1 Å². The fourth-order valence-electron chi connectivity index (χ4n) is 2.94. The van der Waals surface area contributed by atoms with Crippen LogP contribution in [0.2, 0.25) is 0 Å². The molecule has 0 aliphatic heterocycles. The summed E-state index contributed by atoms with van der Waals surface area (Å²) in [6.07, 6.45) is 9.26. The van der Waals surface area contributed by atoms with E-state index in [2.05, 4.69) is 27.8 Å². The maximum atomic E-state index is 10.6. The van der Waals surface area contributed by atoms with Crippen LogP contribution in [0.5, 0.6) is 0 Å². The Morgan fingerprint density at radius 2 is 2.11 bits per heavy atom. The Morgan fingerprint density at radius 3 is 2.67 bits per heavy atom. The van der Waals surface area contributed by atoms with Crippen LogP contribution in [0.1, 0.15) is 51.1 Å². The lowest BCUT2D eigenvalue weighted by Gasteiger charge is -2.36. The van der Waals surface area contributed by atoms with E-state index >= 15 is 0 Å². The second kappa shape index (κ2) is 6.16. The monoisotopic (exact) mass is 311 g/mol. The van der Waals surface area contributed by atoms with Crippen molar-refractivity contribution in [2.24, 2.45) is 5.92 Å². The van der Waals surface area contributed by atoms with E-state index in [4.69, 9.17) is 0 Å². The van der Waals surface area contributed by atoms with Crippen LogP contribution in [0.15, 0.2) is 22.8 Å². The van der Waals surface area contributed by atoms with E-state index in [-0.39, 0.29) is 0 Å². The molecule has 2 rings (SSSR count). The Bertz CT molecular complexity index is 369. The molecular formula is C15H22BrNO. The largest absolute Gasteiger partial charge is 0.389 e. The Kier molecular flexibility index (Phi) is 4.79. The third kappa shape index (κ3) is 3.79. The maximum Gasteiger partial charge on any atom is 0.0703 e. The Balaban J connectivity index is 1.91. The van der Waals surface area contributed by atoms with Crippen molar-refractivity contribution in [2.45, 2.75) is 57.5 Å². The second-order valence-corrected chi connectivity index (χ2v) is 6.52. The number of hydrogen-bond donors (Lipinski definition) is 1. The van der Waals surface area contributed by atoms with Crippen LogP contribution in [-0.4, -0.2) is 15.7 Å². The van der Waals surface area contributed by atoms with E-state index in [0.717, 1.165) is 28.9 Å². The molecule has 1 fully saturated rings. The quantitative estimate of drug-likeness (QED) is 0.907. The first-order valence-corrected chi connectivity index (χ1v) is 7.73. The number of rotatable bonds is 4. The SMILES string of the molecule is CCCC1CCC(O)(Cc2ccc(Br)cn2)CC1. The first-order valence-electron chi connectivity index (χ1n) is 6.94. The van der Waals surface area contributed by atoms with Crippen LogP contribution in [0.3, 0.4) is 0 Å². The first-order chi connectivity index (χ1) is 8.61. The van der Waals surface area contributed by atoms with Crippen LogP contribution in [0.25, 0.3) is 0 Å². The van der Waals surface area contributed by atoms with Gasteiger partial charge in [-0.25, -0.2) is 0 Å². The van der Waals surface area contributed by atoms with Gasteiger partial charge in [0.25, 0.3) is 0 Å². The molecule has 100 valence electrons. The highest BCUT2D eigenvalue weighted by molar-refractivity contribution is 9.10. The van der Waals surface area contributed by atoms with E-state index in [1.54, 1.807) is 6.20 Å². The van der Waals surface area contributed by atoms with E-state index in [9.17, 15) is 5.11 Å². The predicted octanol–water partition coefficient (Wildman–Crippen LogP) is 4.11. The van der Waals surface area contributed by atoms with Gasteiger partial charge in [-0.05, 0) is 59.7 Å². The summed E-state index contributed by atoms with van der Waals surface area (Å²) in [7, 11) is 0. The Hall–Kier alpha value is -0.410. The molecule has 0 saturated heterocycles. The van der Waals surface area contributed by atoms with Gasteiger partial charge in [0.15, 0.2) is 0 Å². The highest BCUT2D eigenvalue weighted by atomic mass is 79.9. The molecule has 0 spiro atoms. The van der Waals surface area contributed by atoms with Gasteiger partial charge in [-0.2, -0.15) is 0 Å². The zero-order valence-corrected chi connectivity index (χ0v) is 12.6. The van der Waals surface area contributed by atoms with Gasteiger partial charge in [0.05, 0.1) is 5.60 Å². The molecule has 1 aliphatic rings. The summed E-state index contributed by atoms with van der Waals surface area (Å²) in [6.45, 7) is 2.24. The molecule has 0 unspecified atom stereocenters. The molecule has 0 amide bonds. The highest BCUT2D eigenvalue weighted by Gasteiger charge is 2.33. The molecule has 1 heterocycles. The van der Waals surface area contributed by atoms with Crippen LogP contribution >= 0.6 is 15.9 Å². The Labute approximate surface area is 118 Å². The average molecular weight is 312 g/mol. The summed E-state index contributed by atoms with van der Waals surface area (Å²) < 4.78 is 0.991. The fraction of sp³-hybridized carbons (Fsp3) is 0.667. The van der Waals surface area contributed by atoms with Crippen molar-refractivity contribution >= 4 is 15.9 Å². The lowest BCUT2D eigenvalue weighted by atomic mass is 9.75. The topological polar surface area (TPSA) is 33.1 Å². The summed E-state index contributed by atoms with van der Waals surface area (Å²) in [5.74, 6) is 0.827. The summed E-state index contributed by atoms with van der Waals surface area (Å²) in [6, 6.07) is 3.99. The van der Waals surface area contributed by atoms with Crippen molar-refractivity contribution in [1.29, 1.82) is 0 Å². The average Bonchev–Trinajstić information content (AvgIpc) is 2.36. The number of nitrogens with zero attached hydrogens (tertiary/aromatic N) is 1. The third-order valence-corrected chi connectivity index (χ3v) is 4.50. The highest BCUT2D eigenvalue weighted by Crippen LogP contribution is 2.36. The molecule has 0 bridgehead atoms. The van der Waals surface area contributed by atoms with Crippen LogP contribution in [-0.2, 0) is 6.42 Å². The number of hydrogen-bond acceptors (Lipinski definition) is 2. The van der Waals surface area contributed by atoms with Crippen molar-refractivity contribution in [3.8, 4) is 0 Å². The van der Waals surface area contributed by atoms with Gasteiger partial charge >= 0.3 is 0 Å². The van der Waals surface area contributed by atoms with Crippen LogP contribution < -0.4 is 0 Å². The first kappa shape index (κ1) is 14.0. The number of halogens is 1. The molecule has 0 radical (unpaired) electrons. The zero-order valence-electron chi connectivity index (χ0n) is 11.0. The van der Waals surface area contributed by atoms with Crippen molar-refractivity contribution in [2.75, 3.05) is 0 Å². The second-order valence-electron chi connectivity index (χ2n) is 5.60. The fourth-order valence-corrected chi connectivity index (χ4v) is 3.17. The molecule has 1 aromatic heterocycles. The predicted molar refractivity (Wildman–Crippen MR) is 77.5 cm³/mol. The van der Waals surface area contributed by atoms with Crippen molar-refractivity contribution in [3.63, 3.8) is 0 Å². The molecule has 1 aromatic rings. The summed E-state index contributed by atoms with van der Waals surface area (Å²) >= 11 is 3.38. The molecule has 1 saturated carbocycles.